The molecule has 4 rings (SSSR count). The van der Waals surface area contributed by atoms with Crippen LogP contribution in [-0.2, 0) is 16.0 Å². The lowest BCUT2D eigenvalue weighted by molar-refractivity contribution is -0.129. The van der Waals surface area contributed by atoms with Gasteiger partial charge in [0, 0.05) is 21.7 Å². The molecule has 3 aromatic carbocycles. The highest BCUT2D eigenvalue weighted by Gasteiger charge is 2.53. The van der Waals surface area contributed by atoms with Crippen LogP contribution in [0, 0.1) is 0 Å². The molecule has 0 bridgehead atoms. The first-order valence-corrected chi connectivity index (χ1v) is 12.7. The maximum Gasteiger partial charge on any atom is 0.418 e. The van der Waals surface area contributed by atoms with Crippen LogP contribution in [0.1, 0.15) is 56.6 Å². The predicted molar refractivity (Wildman–Crippen MR) is 143 cm³/mol. The van der Waals surface area contributed by atoms with Crippen LogP contribution in [0.5, 0.6) is 0 Å². The number of nitrogens with zero attached hydrogens (tertiary/aromatic N) is 2. The molecular weight excluding hydrogens is 495 g/mol. The van der Waals surface area contributed by atoms with E-state index in [1.807, 2.05) is 72.5 Å². The Morgan fingerprint density at radius 1 is 0.917 bits per heavy atom. The summed E-state index contributed by atoms with van der Waals surface area (Å²) in [5.41, 5.74) is 1.69. The molecule has 0 aliphatic carbocycles. The lowest BCUT2D eigenvalue weighted by Crippen LogP contribution is -2.41. The first-order chi connectivity index (χ1) is 17.1. The first kappa shape index (κ1) is 26.2. The zero-order valence-corrected chi connectivity index (χ0v) is 22.3. The average Bonchev–Trinajstić information content (AvgIpc) is 3.10. The zero-order chi connectivity index (χ0) is 26.0. The fraction of sp³-hybridized carbons (Fsp3) is 0.310. The molecule has 5 nitrogen and oxygen atoms in total. The molecule has 188 valence electrons. The summed E-state index contributed by atoms with van der Waals surface area (Å²) < 4.78 is 5.71. The third-order valence-corrected chi connectivity index (χ3v) is 6.92. The maximum absolute atomic E-state index is 14.1. The van der Waals surface area contributed by atoms with Gasteiger partial charge < -0.3 is 4.74 Å². The lowest BCUT2D eigenvalue weighted by atomic mass is 9.99. The molecule has 0 unspecified atom stereocenters. The smallest absolute Gasteiger partial charge is 0.418 e. The van der Waals surface area contributed by atoms with Crippen molar-refractivity contribution in [1.29, 1.82) is 0 Å². The van der Waals surface area contributed by atoms with Gasteiger partial charge >= 0.3 is 6.09 Å². The predicted octanol–water partition coefficient (Wildman–Crippen LogP) is 7.44. The second-order valence-corrected chi connectivity index (χ2v) is 10.8. The van der Waals surface area contributed by atoms with Crippen molar-refractivity contribution >= 4 is 35.2 Å². The SMILES string of the molecule is C[C@H](c1ccccc1)N1[C@H](Cc2ccccc2)C(=O)N(C(=O)OC(C)(C)C)[C@H]1c1c(Cl)cccc1Cl. The number of hydrogen-bond acceptors (Lipinski definition) is 4. The standard InChI is InChI=1S/C29H30Cl2N2O3/c1-19(21-14-9-6-10-15-21)32-24(18-20-12-7-5-8-13-20)27(34)33(28(35)36-29(2,3)4)26(32)25-22(30)16-11-17-23(25)31/h5-17,19,24,26H,18H2,1-4H3/t19-,24-,26+/m1/s1. The third-order valence-electron chi connectivity index (χ3n) is 6.26. The fourth-order valence-electron chi connectivity index (χ4n) is 4.66. The minimum Gasteiger partial charge on any atom is -0.443 e. The molecule has 7 heteroatoms. The number of amides is 2. The van der Waals surface area contributed by atoms with Gasteiger partial charge in [0.25, 0.3) is 5.91 Å². The van der Waals surface area contributed by atoms with E-state index in [-0.39, 0.29) is 11.9 Å². The van der Waals surface area contributed by atoms with Crippen molar-refractivity contribution in [3.8, 4) is 0 Å². The number of imide groups is 1. The Morgan fingerprint density at radius 2 is 1.47 bits per heavy atom. The van der Waals surface area contributed by atoms with E-state index in [1.165, 1.54) is 4.90 Å². The second-order valence-electron chi connectivity index (χ2n) is 9.94. The molecule has 1 aliphatic rings. The molecule has 0 spiro atoms. The van der Waals surface area contributed by atoms with Gasteiger partial charge in [0.15, 0.2) is 0 Å². The number of benzene rings is 3. The molecule has 3 aromatic rings. The van der Waals surface area contributed by atoms with E-state index in [0.717, 1.165) is 11.1 Å². The third kappa shape index (κ3) is 5.44. The number of hydrogen-bond donors (Lipinski definition) is 0. The summed E-state index contributed by atoms with van der Waals surface area (Å²) in [5, 5.41) is 0.749. The monoisotopic (exact) mass is 524 g/mol. The summed E-state index contributed by atoms with van der Waals surface area (Å²) in [6.07, 6.45) is -1.17. The zero-order valence-electron chi connectivity index (χ0n) is 20.8. The van der Waals surface area contributed by atoms with E-state index >= 15 is 0 Å². The first-order valence-electron chi connectivity index (χ1n) is 11.9. The van der Waals surface area contributed by atoms with E-state index in [4.69, 9.17) is 27.9 Å². The van der Waals surface area contributed by atoms with Crippen LogP contribution < -0.4 is 0 Å². The highest BCUT2D eigenvalue weighted by molar-refractivity contribution is 6.36. The van der Waals surface area contributed by atoms with E-state index in [1.54, 1.807) is 39.0 Å². The van der Waals surface area contributed by atoms with Gasteiger partial charge in [0.2, 0.25) is 0 Å². The summed E-state index contributed by atoms with van der Waals surface area (Å²) >= 11 is 13.4. The van der Waals surface area contributed by atoms with Crippen LogP contribution >= 0.6 is 23.2 Å². The molecule has 1 saturated heterocycles. The Balaban J connectivity index is 1.90. The van der Waals surface area contributed by atoms with Crippen molar-refractivity contribution in [2.45, 2.75) is 58.0 Å². The molecule has 0 N–H and O–H groups in total. The van der Waals surface area contributed by atoms with E-state index in [2.05, 4.69) is 0 Å². The van der Waals surface area contributed by atoms with Crippen LogP contribution in [-0.4, -0.2) is 33.4 Å². The fourth-order valence-corrected chi connectivity index (χ4v) is 5.26. The lowest BCUT2D eigenvalue weighted by Gasteiger charge is -2.36. The number of carbonyl (C=O) groups is 2. The van der Waals surface area contributed by atoms with Gasteiger partial charge in [0.1, 0.15) is 11.8 Å². The Hall–Kier alpha value is -2.86. The van der Waals surface area contributed by atoms with Gasteiger partial charge in [-0.1, -0.05) is 89.9 Å². The van der Waals surface area contributed by atoms with Gasteiger partial charge in [-0.25, -0.2) is 9.69 Å². The summed E-state index contributed by atoms with van der Waals surface area (Å²) in [5.74, 6) is -0.350. The molecular formula is C29H30Cl2N2O3. The topological polar surface area (TPSA) is 49.9 Å². The Bertz CT molecular complexity index is 1210. The number of carbonyl (C=O) groups excluding carboxylic acids is 2. The molecule has 3 atom stereocenters. The second kappa shape index (κ2) is 10.6. The molecule has 0 saturated carbocycles. The van der Waals surface area contributed by atoms with Crippen LogP contribution in [0.15, 0.2) is 78.9 Å². The summed E-state index contributed by atoms with van der Waals surface area (Å²) in [6.45, 7) is 7.34. The highest BCUT2D eigenvalue weighted by Crippen LogP contribution is 2.46. The van der Waals surface area contributed by atoms with Crippen LogP contribution in [0.2, 0.25) is 10.0 Å². The molecule has 1 heterocycles. The highest BCUT2D eigenvalue weighted by atomic mass is 35.5. The number of rotatable bonds is 5. The van der Waals surface area contributed by atoms with Crippen molar-refractivity contribution in [2.24, 2.45) is 0 Å². The van der Waals surface area contributed by atoms with E-state index < -0.39 is 23.9 Å². The van der Waals surface area contributed by atoms with E-state index in [9.17, 15) is 9.59 Å². The van der Waals surface area contributed by atoms with E-state index in [0.29, 0.717) is 22.0 Å². The summed E-state index contributed by atoms with van der Waals surface area (Å²) in [4.78, 5) is 30.9. The van der Waals surface area contributed by atoms with Crippen LogP contribution in [0.25, 0.3) is 0 Å². The number of halogens is 2. The van der Waals surface area contributed by atoms with Crippen LogP contribution in [0.3, 0.4) is 0 Å². The van der Waals surface area contributed by atoms with Gasteiger partial charge in [-0.3, -0.25) is 9.69 Å². The normalized spacial score (nSPS) is 19.4. The van der Waals surface area contributed by atoms with Gasteiger partial charge in [-0.2, -0.15) is 0 Å². The maximum atomic E-state index is 14.1. The van der Waals surface area contributed by atoms with Gasteiger partial charge in [-0.05, 0) is 57.4 Å². The summed E-state index contributed by atoms with van der Waals surface area (Å²) in [6, 6.07) is 23.9. The molecule has 0 radical (unpaired) electrons. The minimum atomic E-state index is -0.850. The van der Waals surface area contributed by atoms with Crippen LogP contribution in [0.4, 0.5) is 4.79 Å². The minimum absolute atomic E-state index is 0.242. The van der Waals surface area contributed by atoms with Crippen molar-refractivity contribution in [3.05, 3.63) is 106 Å². The molecule has 0 aromatic heterocycles. The number of ether oxygens (including phenoxy) is 1. The van der Waals surface area contributed by atoms with Crippen molar-refractivity contribution < 1.29 is 14.3 Å². The van der Waals surface area contributed by atoms with Gasteiger partial charge in [-0.15, -0.1) is 0 Å². The molecule has 1 aliphatic heterocycles. The van der Waals surface area contributed by atoms with Crippen molar-refractivity contribution in [3.63, 3.8) is 0 Å². The summed E-state index contributed by atoms with van der Waals surface area (Å²) in [7, 11) is 0. The molecule has 36 heavy (non-hydrogen) atoms. The molecule has 1 fully saturated rings. The Labute approximate surface area is 222 Å². The van der Waals surface area contributed by atoms with Gasteiger partial charge in [0.05, 0.1) is 6.04 Å². The Morgan fingerprint density at radius 3 is 2.03 bits per heavy atom. The molecule has 2 amide bonds. The Kier molecular flexibility index (Phi) is 7.74. The average molecular weight is 525 g/mol. The van der Waals surface area contributed by atoms with Crippen molar-refractivity contribution in [2.75, 3.05) is 0 Å². The quantitative estimate of drug-likeness (QED) is 0.347. The largest absolute Gasteiger partial charge is 0.443 e. The van der Waals surface area contributed by atoms with Crippen molar-refractivity contribution in [1.82, 2.24) is 9.80 Å².